The molecule has 288 valence electrons. The Morgan fingerprint density at radius 3 is 2.56 bits per heavy atom. The van der Waals surface area contributed by atoms with E-state index in [0.29, 0.717) is 51.4 Å². The Morgan fingerprint density at radius 2 is 1.83 bits per heavy atom. The molecule has 54 heavy (non-hydrogen) atoms. The first-order valence-electron chi connectivity index (χ1n) is 18.3. The van der Waals surface area contributed by atoms with E-state index in [0.717, 1.165) is 28.7 Å². The van der Waals surface area contributed by atoms with Gasteiger partial charge in [-0.1, -0.05) is 30.3 Å². The Morgan fingerprint density at radius 1 is 1.09 bits per heavy atom. The number of hydrogen-bond donors (Lipinski definition) is 3. The quantitative estimate of drug-likeness (QED) is 0.148. The number of amides is 4. The minimum atomic E-state index is -1.34. The predicted molar refractivity (Wildman–Crippen MR) is 192 cm³/mol. The maximum absolute atomic E-state index is 15.2. The molecule has 0 aliphatic carbocycles. The third-order valence-electron chi connectivity index (χ3n) is 10.1. The van der Waals surface area contributed by atoms with Crippen LogP contribution in [0.1, 0.15) is 43.6 Å². The fourth-order valence-electron chi connectivity index (χ4n) is 7.32. The van der Waals surface area contributed by atoms with E-state index in [1.165, 1.54) is 19.1 Å². The van der Waals surface area contributed by atoms with Crippen LogP contribution in [0.25, 0.3) is 11.3 Å². The summed E-state index contributed by atoms with van der Waals surface area (Å²) in [7, 11) is 0. The minimum absolute atomic E-state index is 0.00414. The number of benzene rings is 2. The van der Waals surface area contributed by atoms with Gasteiger partial charge < -0.3 is 34.7 Å². The number of nitrogens with zero attached hydrogens (tertiary/aromatic N) is 4. The number of aromatic nitrogens is 2. The number of halogens is 2. The van der Waals surface area contributed by atoms with Crippen LogP contribution < -0.4 is 10.6 Å². The molecule has 3 N–H and O–H groups in total. The van der Waals surface area contributed by atoms with E-state index < -0.39 is 35.7 Å². The molecular formula is C39H46F2N6O7. The van der Waals surface area contributed by atoms with Crippen LogP contribution in [0.2, 0.25) is 0 Å². The van der Waals surface area contributed by atoms with Crippen molar-refractivity contribution in [1.29, 1.82) is 0 Å². The highest BCUT2D eigenvalue weighted by Crippen LogP contribution is 2.38. The first kappa shape index (κ1) is 38.9. The van der Waals surface area contributed by atoms with Gasteiger partial charge in [-0.3, -0.25) is 24.1 Å². The number of carbonyl (C=O) groups is 4. The van der Waals surface area contributed by atoms with Gasteiger partial charge in [0.1, 0.15) is 23.6 Å². The second-order valence-electron chi connectivity index (χ2n) is 13.9. The van der Waals surface area contributed by atoms with Crippen LogP contribution >= 0.6 is 0 Å². The van der Waals surface area contributed by atoms with Gasteiger partial charge in [-0.05, 0) is 61.8 Å². The number of imide groups is 1. The fourth-order valence-corrected chi connectivity index (χ4v) is 7.32. The molecule has 0 spiro atoms. The highest BCUT2D eigenvalue weighted by molar-refractivity contribution is 6.12. The number of aliphatic hydroxyl groups is 1. The minimum Gasteiger partial charge on any atom is -0.384 e. The summed E-state index contributed by atoms with van der Waals surface area (Å²) >= 11 is 0. The fraction of sp³-hybridized carbons (Fsp3) is 0.462. The zero-order chi connectivity index (χ0) is 38.2. The lowest BCUT2D eigenvalue weighted by atomic mass is 9.88. The van der Waals surface area contributed by atoms with E-state index in [-0.39, 0.29) is 73.7 Å². The van der Waals surface area contributed by atoms with Gasteiger partial charge in [-0.15, -0.1) is 0 Å². The van der Waals surface area contributed by atoms with Crippen LogP contribution in [0, 0.1) is 23.5 Å². The molecule has 0 bridgehead atoms. The Hall–Kier alpha value is -4.83. The maximum atomic E-state index is 15.2. The van der Waals surface area contributed by atoms with E-state index in [1.807, 2.05) is 34.9 Å². The van der Waals surface area contributed by atoms with Crippen molar-refractivity contribution in [2.45, 2.75) is 50.9 Å². The number of rotatable bonds is 16. The largest absolute Gasteiger partial charge is 0.384 e. The first-order chi connectivity index (χ1) is 26.1. The van der Waals surface area contributed by atoms with Crippen LogP contribution in [0.15, 0.2) is 66.9 Å². The van der Waals surface area contributed by atoms with Gasteiger partial charge in [0.05, 0.1) is 37.5 Å². The molecule has 2 aromatic carbocycles. The lowest BCUT2D eigenvalue weighted by molar-refractivity contribution is -0.145. The number of imidazole rings is 1. The van der Waals surface area contributed by atoms with Crippen molar-refractivity contribution in [1.82, 2.24) is 30.0 Å². The second-order valence-corrected chi connectivity index (χ2v) is 13.9. The molecule has 6 rings (SSSR count). The maximum Gasteiger partial charge on any atom is 0.253 e. The van der Waals surface area contributed by atoms with Crippen molar-refractivity contribution in [3.05, 3.63) is 89.9 Å². The van der Waals surface area contributed by atoms with E-state index in [4.69, 9.17) is 14.5 Å². The first-order valence-corrected chi connectivity index (χ1v) is 18.3. The number of ether oxygens (including phenoxy) is 2. The zero-order valence-corrected chi connectivity index (χ0v) is 30.2. The lowest BCUT2D eigenvalue weighted by Crippen LogP contribution is -2.47. The third-order valence-corrected chi connectivity index (χ3v) is 10.1. The van der Waals surface area contributed by atoms with Crippen molar-refractivity contribution >= 4 is 23.6 Å². The molecule has 2 fully saturated rings. The molecule has 1 aromatic heterocycles. The Kier molecular flexibility index (Phi) is 13.0. The monoisotopic (exact) mass is 748 g/mol. The summed E-state index contributed by atoms with van der Waals surface area (Å²) in [6.07, 6.45) is 4.40. The predicted octanol–water partition coefficient (Wildman–Crippen LogP) is 2.59. The Balaban J connectivity index is 1.20. The summed E-state index contributed by atoms with van der Waals surface area (Å²) in [6.45, 7) is 4.00. The van der Waals surface area contributed by atoms with Gasteiger partial charge in [0.25, 0.3) is 17.7 Å². The average molecular weight is 749 g/mol. The highest BCUT2D eigenvalue weighted by Gasteiger charge is 2.41. The van der Waals surface area contributed by atoms with E-state index >= 15 is 4.39 Å². The molecule has 13 nitrogen and oxygen atoms in total. The summed E-state index contributed by atoms with van der Waals surface area (Å²) in [5.41, 5.74) is 1.16. The van der Waals surface area contributed by atoms with E-state index in [2.05, 4.69) is 10.6 Å². The summed E-state index contributed by atoms with van der Waals surface area (Å²) in [5, 5.41) is 16.8. The molecule has 4 atom stereocenters. The number of hydrogen-bond acceptors (Lipinski definition) is 9. The van der Waals surface area contributed by atoms with Gasteiger partial charge in [-0.2, -0.15) is 0 Å². The smallest absolute Gasteiger partial charge is 0.253 e. The van der Waals surface area contributed by atoms with Crippen LogP contribution in [-0.4, -0.2) is 113 Å². The number of carbonyl (C=O) groups excluding carboxylic acids is 4. The van der Waals surface area contributed by atoms with Crippen molar-refractivity contribution in [3.8, 4) is 11.3 Å². The second kappa shape index (κ2) is 18.0. The molecule has 4 amide bonds. The lowest BCUT2D eigenvalue weighted by Gasteiger charge is -2.40. The van der Waals surface area contributed by atoms with Gasteiger partial charge >= 0.3 is 0 Å². The van der Waals surface area contributed by atoms with Crippen molar-refractivity contribution in [3.63, 3.8) is 0 Å². The average Bonchev–Trinajstić information content (AvgIpc) is 3.90. The van der Waals surface area contributed by atoms with Crippen LogP contribution in [0.5, 0.6) is 0 Å². The summed E-state index contributed by atoms with van der Waals surface area (Å²) < 4.78 is 42.6. The summed E-state index contributed by atoms with van der Waals surface area (Å²) in [4.78, 5) is 58.2. The summed E-state index contributed by atoms with van der Waals surface area (Å²) in [6, 6.07) is 11.6. The third kappa shape index (κ3) is 9.45. The van der Waals surface area contributed by atoms with Crippen molar-refractivity contribution in [2.75, 3.05) is 52.6 Å². The van der Waals surface area contributed by atoms with E-state index in [1.54, 1.807) is 11.1 Å². The SMILES string of the molecule is CC(O)C(=O)N(CC1CNC(C(=O)NCCOCCN2C(=O)C=CC2=O)C1)C(c1nc(-c2cc(F)ccc2F)cn1Cc1ccccc1)C1CCOCC1. The van der Waals surface area contributed by atoms with Crippen molar-refractivity contribution < 1.29 is 42.5 Å². The molecule has 15 heteroatoms. The molecule has 3 aliphatic heterocycles. The topological polar surface area (TPSA) is 155 Å². The van der Waals surface area contributed by atoms with Crippen LogP contribution in [0.4, 0.5) is 8.78 Å². The van der Waals surface area contributed by atoms with Crippen LogP contribution in [0.3, 0.4) is 0 Å². The Bertz CT molecular complexity index is 1810. The zero-order valence-electron chi connectivity index (χ0n) is 30.2. The van der Waals surface area contributed by atoms with Crippen molar-refractivity contribution in [2.24, 2.45) is 11.8 Å². The molecule has 0 radical (unpaired) electrons. The highest BCUT2D eigenvalue weighted by atomic mass is 19.1. The van der Waals surface area contributed by atoms with Gasteiger partial charge in [0.15, 0.2) is 0 Å². The molecule has 4 heterocycles. The van der Waals surface area contributed by atoms with Gasteiger partial charge in [-0.25, -0.2) is 13.8 Å². The Labute approximate surface area is 312 Å². The summed E-state index contributed by atoms with van der Waals surface area (Å²) in [5.74, 6) is -2.55. The van der Waals surface area contributed by atoms with Crippen LogP contribution in [-0.2, 0) is 35.2 Å². The van der Waals surface area contributed by atoms with Gasteiger partial charge in [0.2, 0.25) is 5.91 Å². The number of aliphatic hydroxyl groups excluding tert-OH is 1. The molecule has 0 saturated carbocycles. The molecule has 3 aromatic rings. The number of nitrogens with one attached hydrogen (secondary N) is 2. The normalized spacial score (nSPS) is 20.0. The molecule has 4 unspecified atom stereocenters. The van der Waals surface area contributed by atoms with E-state index in [9.17, 15) is 28.7 Å². The standard InChI is InChI=1S/C39H46F2N6O7/c1-25(48)39(52)47(23-27-19-32(43-21-27)38(51)42-13-17-54-18-14-46-34(49)9-10-35(46)50)36(28-11-15-53-16-12-28)37-44-33(30-20-29(40)7-8-31(30)41)24-45(37)22-26-5-3-2-4-6-26/h2-10,20,24-25,27-28,32,36,43,48H,11-19,21-23H2,1H3,(H,42,51). The molecule has 3 aliphatic rings. The molecule has 2 saturated heterocycles. The molecular weight excluding hydrogens is 702 g/mol. The van der Waals surface area contributed by atoms with Gasteiger partial charge in [0, 0.05) is 63.3 Å².